The van der Waals surface area contributed by atoms with E-state index < -0.39 is 31.1 Å². The molecule has 0 radical (unpaired) electrons. The lowest BCUT2D eigenvalue weighted by Crippen LogP contribution is -2.10. The summed E-state index contributed by atoms with van der Waals surface area (Å²) in [5.74, 6) is -1.91. The van der Waals surface area contributed by atoms with E-state index in [9.17, 15) is 22.1 Å². The van der Waals surface area contributed by atoms with E-state index >= 15 is 0 Å². The first-order valence-electron chi connectivity index (χ1n) is 5.67. The molecule has 0 bridgehead atoms. The van der Waals surface area contributed by atoms with Gasteiger partial charge in [0, 0.05) is 0 Å². The first-order valence-corrected chi connectivity index (χ1v) is 7.13. The van der Waals surface area contributed by atoms with Crippen molar-refractivity contribution in [1.82, 2.24) is 0 Å². The molecule has 0 saturated carbocycles. The molecule has 20 heavy (non-hydrogen) atoms. The fourth-order valence-corrected chi connectivity index (χ4v) is 2.54. The van der Waals surface area contributed by atoms with Crippen LogP contribution in [0, 0.1) is 5.82 Å². The Hall–Kier alpha value is -1.11. The smallest absolute Gasteiger partial charge is 0.403 e. The van der Waals surface area contributed by atoms with Crippen LogP contribution in [0.4, 0.5) is 17.6 Å². The molecule has 0 aromatic heterocycles. The van der Waals surface area contributed by atoms with Crippen molar-refractivity contribution in [3.8, 4) is 5.75 Å². The molecule has 4 nitrogen and oxygen atoms in total. The molecule has 0 aliphatic carbocycles. The summed E-state index contributed by atoms with van der Waals surface area (Å²) in [5, 5.41) is 0. The van der Waals surface area contributed by atoms with Gasteiger partial charge < -0.3 is 4.52 Å². The summed E-state index contributed by atoms with van der Waals surface area (Å²) in [6.07, 6.45) is -4.86. The molecule has 0 N–H and O–H groups in total. The molecule has 1 aromatic carbocycles. The minimum Gasteiger partial charge on any atom is -0.403 e. The predicted molar refractivity (Wildman–Crippen MR) is 62.9 cm³/mol. The van der Waals surface area contributed by atoms with Crippen molar-refractivity contribution < 1.29 is 35.7 Å². The quantitative estimate of drug-likeness (QED) is 0.576. The van der Waals surface area contributed by atoms with E-state index in [2.05, 4.69) is 0 Å². The summed E-state index contributed by atoms with van der Waals surface area (Å²) in [5.41, 5.74) is -1.39. The summed E-state index contributed by atoms with van der Waals surface area (Å²) in [7, 11) is -4.18. The largest absolute Gasteiger partial charge is 0.530 e. The van der Waals surface area contributed by atoms with Gasteiger partial charge in [-0.25, -0.2) is 8.96 Å². The van der Waals surface area contributed by atoms with Crippen molar-refractivity contribution in [3.63, 3.8) is 0 Å². The summed E-state index contributed by atoms with van der Waals surface area (Å²) >= 11 is 0. The van der Waals surface area contributed by atoms with Gasteiger partial charge in [0.05, 0.1) is 13.2 Å². The summed E-state index contributed by atoms with van der Waals surface area (Å²) < 4.78 is 77.4. The van der Waals surface area contributed by atoms with E-state index in [-0.39, 0.29) is 19.3 Å². The molecule has 0 heterocycles. The second-order valence-corrected chi connectivity index (χ2v) is 5.11. The van der Waals surface area contributed by atoms with Crippen LogP contribution in [0.25, 0.3) is 0 Å². The van der Waals surface area contributed by atoms with E-state index in [1.54, 1.807) is 0 Å². The van der Waals surface area contributed by atoms with Gasteiger partial charge in [-0.05, 0) is 32.0 Å². The molecule has 1 aromatic rings. The van der Waals surface area contributed by atoms with Crippen LogP contribution in [0.15, 0.2) is 18.2 Å². The van der Waals surface area contributed by atoms with Gasteiger partial charge in [-0.1, -0.05) is 0 Å². The van der Waals surface area contributed by atoms with E-state index in [1.807, 2.05) is 0 Å². The molecule has 9 heteroatoms. The van der Waals surface area contributed by atoms with Gasteiger partial charge in [-0.3, -0.25) is 9.05 Å². The normalized spacial score (nSPS) is 12.5. The van der Waals surface area contributed by atoms with Crippen molar-refractivity contribution in [2.45, 2.75) is 20.0 Å². The molecule has 1 rings (SSSR count). The second kappa shape index (κ2) is 6.56. The standard InChI is InChI=1S/C11H13F4O4P/c1-3-17-20(16,18-4-2)19-10-6-5-8(12)7-9(10)11(13,14)15/h5-7H,3-4H2,1-2H3. The van der Waals surface area contributed by atoms with Crippen molar-refractivity contribution >= 4 is 7.82 Å². The van der Waals surface area contributed by atoms with Crippen LogP contribution in [0.3, 0.4) is 0 Å². The van der Waals surface area contributed by atoms with Gasteiger partial charge in [0.2, 0.25) is 0 Å². The zero-order valence-electron chi connectivity index (χ0n) is 10.7. The Morgan fingerprint density at radius 2 is 1.70 bits per heavy atom. The first-order chi connectivity index (χ1) is 9.22. The van der Waals surface area contributed by atoms with Gasteiger partial charge in [0.1, 0.15) is 17.1 Å². The van der Waals surface area contributed by atoms with Gasteiger partial charge in [0.25, 0.3) is 0 Å². The summed E-state index contributed by atoms with van der Waals surface area (Å²) in [4.78, 5) is 0. The Kier molecular flexibility index (Phi) is 5.56. The molecule has 0 unspecified atom stereocenters. The lowest BCUT2D eigenvalue weighted by molar-refractivity contribution is -0.138. The zero-order valence-corrected chi connectivity index (χ0v) is 11.6. The number of halogens is 4. The van der Waals surface area contributed by atoms with E-state index in [0.717, 1.165) is 12.1 Å². The van der Waals surface area contributed by atoms with Crippen molar-refractivity contribution in [3.05, 3.63) is 29.6 Å². The predicted octanol–water partition coefficient (Wildman–Crippen LogP) is 4.40. The number of phosphoric acid groups is 1. The highest BCUT2D eigenvalue weighted by Gasteiger charge is 2.38. The third-order valence-electron chi connectivity index (χ3n) is 2.03. The van der Waals surface area contributed by atoms with Gasteiger partial charge >= 0.3 is 14.0 Å². The van der Waals surface area contributed by atoms with Crippen molar-refractivity contribution in [1.29, 1.82) is 0 Å². The molecule has 114 valence electrons. The van der Waals surface area contributed by atoms with E-state index in [0.29, 0.717) is 0 Å². The molecule has 0 aliphatic heterocycles. The number of phosphoric ester groups is 1. The molecule has 0 aliphatic rings. The molecule has 0 amide bonds. The highest BCUT2D eigenvalue weighted by molar-refractivity contribution is 7.48. The fraction of sp³-hybridized carbons (Fsp3) is 0.455. The third kappa shape index (κ3) is 4.47. The maximum atomic E-state index is 12.9. The average Bonchev–Trinajstić information content (AvgIpc) is 2.30. The average molecular weight is 316 g/mol. The molecule has 0 saturated heterocycles. The molecule has 0 spiro atoms. The van der Waals surface area contributed by atoms with Crippen molar-refractivity contribution in [2.24, 2.45) is 0 Å². The Morgan fingerprint density at radius 1 is 1.15 bits per heavy atom. The van der Waals surface area contributed by atoms with Crippen LogP contribution in [0.1, 0.15) is 19.4 Å². The fourth-order valence-electron chi connectivity index (χ4n) is 1.33. The Balaban J connectivity index is 3.16. The van der Waals surface area contributed by atoms with Crippen LogP contribution in [0.5, 0.6) is 5.75 Å². The minimum absolute atomic E-state index is 0.0835. The summed E-state index contributed by atoms with van der Waals surface area (Å²) in [6.45, 7) is 2.79. The zero-order chi connectivity index (χ0) is 15.4. The van der Waals surface area contributed by atoms with E-state index in [1.165, 1.54) is 13.8 Å². The van der Waals surface area contributed by atoms with Crippen LogP contribution in [0.2, 0.25) is 0 Å². The van der Waals surface area contributed by atoms with Gasteiger partial charge in [-0.2, -0.15) is 13.2 Å². The first kappa shape index (κ1) is 16.9. The SMILES string of the molecule is CCOP(=O)(OCC)Oc1ccc(F)cc1C(F)(F)F. The number of hydrogen-bond donors (Lipinski definition) is 0. The van der Waals surface area contributed by atoms with Crippen molar-refractivity contribution in [2.75, 3.05) is 13.2 Å². The lowest BCUT2D eigenvalue weighted by atomic mass is 10.2. The maximum Gasteiger partial charge on any atom is 0.530 e. The Labute approximate surface area is 113 Å². The minimum atomic E-state index is -4.86. The highest BCUT2D eigenvalue weighted by Crippen LogP contribution is 2.51. The number of benzene rings is 1. The lowest BCUT2D eigenvalue weighted by Gasteiger charge is -2.19. The molecular formula is C11H13F4O4P. The van der Waals surface area contributed by atoms with Crippen LogP contribution in [-0.2, 0) is 19.8 Å². The number of alkyl halides is 3. The summed E-state index contributed by atoms with van der Waals surface area (Å²) in [6, 6.07) is 1.73. The molecular weight excluding hydrogens is 303 g/mol. The third-order valence-corrected chi connectivity index (χ3v) is 3.60. The van der Waals surface area contributed by atoms with Crippen LogP contribution < -0.4 is 4.52 Å². The van der Waals surface area contributed by atoms with Crippen LogP contribution in [-0.4, -0.2) is 13.2 Å². The molecule has 0 fully saturated rings. The van der Waals surface area contributed by atoms with Gasteiger partial charge in [-0.15, -0.1) is 0 Å². The number of rotatable bonds is 6. The monoisotopic (exact) mass is 316 g/mol. The maximum absolute atomic E-state index is 12.9. The molecule has 0 atom stereocenters. The Bertz CT molecular complexity index is 494. The second-order valence-electron chi connectivity index (χ2n) is 3.51. The topological polar surface area (TPSA) is 44.8 Å². The van der Waals surface area contributed by atoms with Crippen LogP contribution >= 0.6 is 7.82 Å². The van der Waals surface area contributed by atoms with E-state index in [4.69, 9.17) is 13.6 Å². The number of hydrogen-bond acceptors (Lipinski definition) is 4. The highest BCUT2D eigenvalue weighted by atomic mass is 31.2. The Morgan fingerprint density at radius 3 is 2.15 bits per heavy atom. The van der Waals surface area contributed by atoms with Gasteiger partial charge in [0.15, 0.2) is 0 Å².